The van der Waals surface area contributed by atoms with Crippen molar-refractivity contribution in [2.75, 3.05) is 23.7 Å². The number of amides is 3. The van der Waals surface area contributed by atoms with Crippen molar-refractivity contribution in [3.63, 3.8) is 0 Å². The van der Waals surface area contributed by atoms with Crippen LogP contribution in [-0.2, 0) is 5.41 Å². The summed E-state index contributed by atoms with van der Waals surface area (Å²) in [6.45, 7) is 2.78. The minimum Gasteiger partial charge on any atom is -0.474 e. The van der Waals surface area contributed by atoms with Gasteiger partial charge in [0, 0.05) is 48.5 Å². The number of rotatable bonds is 7. The summed E-state index contributed by atoms with van der Waals surface area (Å²) < 4.78 is 49.5. The molecule has 3 aromatic heterocycles. The first-order valence-corrected chi connectivity index (χ1v) is 16.2. The Kier molecular flexibility index (Phi) is 8.39. The lowest BCUT2D eigenvalue weighted by molar-refractivity contribution is -0.161. The third-order valence-electron chi connectivity index (χ3n) is 8.99. The minimum absolute atomic E-state index is 0.0604. The van der Waals surface area contributed by atoms with E-state index < -0.39 is 17.6 Å². The maximum atomic E-state index is 14.0. The average Bonchev–Trinajstić information content (AvgIpc) is 3.82. The average molecular weight is 690 g/mol. The van der Waals surface area contributed by atoms with Crippen LogP contribution in [0, 0.1) is 6.92 Å². The van der Waals surface area contributed by atoms with E-state index in [1.807, 2.05) is 24.3 Å². The number of anilines is 2. The van der Waals surface area contributed by atoms with Crippen LogP contribution in [0.2, 0.25) is 5.02 Å². The van der Waals surface area contributed by atoms with Crippen LogP contribution in [0.5, 0.6) is 5.88 Å². The zero-order chi connectivity index (χ0) is 34.3. The number of ether oxygens (including phenoxy) is 1. The van der Waals surface area contributed by atoms with E-state index in [-0.39, 0.29) is 36.4 Å². The van der Waals surface area contributed by atoms with E-state index in [4.69, 9.17) is 16.3 Å². The van der Waals surface area contributed by atoms with Crippen molar-refractivity contribution in [3.05, 3.63) is 101 Å². The van der Waals surface area contributed by atoms with Gasteiger partial charge in [-0.1, -0.05) is 41.9 Å². The molecule has 7 rings (SSSR count). The molecule has 2 aliphatic rings. The molecule has 1 saturated carbocycles. The van der Waals surface area contributed by atoms with Crippen LogP contribution in [0.25, 0.3) is 16.5 Å². The molecular formula is C35H31ClF3N7O3. The lowest BCUT2D eigenvalue weighted by atomic mass is 10.0. The van der Waals surface area contributed by atoms with Crippen molar-refractivity contribution in [2.24, 2.45) is 0 Å². The molecule has 252 valence electrons. The van der Waals surface area contributed by atoms with Crippen LogP contribution in [0.1, 0.15) is 47.4 Å². The van der Waals surface area contributed by atoms with Gasteiger partial charge < -0.3 is 15.0 Å². The molecule has 0 atom stereocenters. The van der Waals surface area contributed by atoms with E-state index in [0.29, 0.717) is 64.5 Å². The lowest BCUT2D eigenvalue weighted by Crippen LogP contribution is -2.42. The fraction of sp³-hybridized carbons (Fsp3) is 0.286. The molecular weight excluding hydrogens is 659 g/mol. The number of nitrogens with zero attached hydrogens (tertiary/aromatic N) is 5. The molecule has 1 aliphatic heterocycles. The van der Waals surface area contributed by atoms with Crippen molar-refractivity contribution in [2.45, 2.75) is 50.3 Å². The van der Waals surface area contributed by atoms with Crippen molar-refractivity contribution < 1.29 is 27.5 Å². The molecule has 2 fully saturated rings. The van der Waals surface area contributed by atoms with E-state index >= 15 is 0 Å². The summed E-state index contributed by atoms with van der Waals surface area (Å²) in [5, 5.41) is 11.5. The van der Waals surface area contributed by atoms with Gasteiger partial charge in [0.05, 0.1) is 40.0 Å². The third-order valence-corrected chi connectivity index (χ3v) is 9.32. The number of likely N-dealkylation sites (tertiary alicyclic amines) is 1. The van der Waals surface area contributed by atoms with Gasteiger partial charge in [-0.3, -0.25) is 15.1 Å². The number of pyridine rings is 2. The predicted octanol–water partition coefficient (Wildman–Crippen LogP) is 7.70. The van der Waals surface area contributed by atoms with Crippen LogP contribution in [0.15, 0.2) is 79.1 Å². The Balaban J connectivity index is 1.07. The summed E-state index contributed by atoms with van der Waals surface area (Å²) in [7, 11) is 0. The monoisotopic (exact) mass is 689 g/mol. The molecule has 2 N–H and O–H groups in total. The van der Waals surface area contributed by atoms with Gasteiger partial charge in [0.1, 0.15) is 17.3 Å². The van der Waals surface area contributed by atoms with E-state index in [0.717, 1.165) is 5.69 Å². The van der Waals surface area contributed by atoms with Crippen LogP contribution in [0.3, 0.4) is 0 Å². The molecule has 4 heterocycles. The van der Waals surface area contributed by atoms with Gasteiger partial charge in [0.15, 0.2) is 0 Å². The molecule has 3 amide bonds. The topological polar surface area (TPSA) is 114 Å². The van der Waals surface area contributed by atoms with Gasteiger partial charge in [-0.15, -0.1) is 0 Å². The van der Waals surface area contributed by atoms with Crippen LogP contribution < -0.4 is 15.4 Å². The van der Waals surface area contributed by atoms with E-state index in [1.54, 1.807) is 48.2 Å². The number of aromatic nitrogens is 4. The Hall–Kier alpha value is -5.17. The van der Waals surface area contributed by atoms with Gasteiger partial charge in [0.2, 0.25) is 5.88 Å². The molecule has 1 aliphatic carbocycles. The number of alkyl halides is 3. The first-order valence-electron chi connectivity index (χ1n) is 15.8. The molecule has 0 spiro atoms. The summed E-state index contributed by atoms with van der Waals surface area (Å²) >= 11 is 6.23. The number of hydrogen-bond acceptors (Lipinski definition) is 6. The Bertz CT molecular complexity index is 2040. The summed E-state index contributed by atoms with van der Waals surface area (Å²) in [4.78, 5) is 36.8. The zero-order valence-corrected chi connectivity index (χ0v) is 27.1. The normalized spacial score (nSPS) is 16.0. The summed E-state index contributed by atoms with van der Waals surface area (Å²) in [5.74, 6) is 0.322. The maximum absolute atomic E-state index is 14.0. The Morgan fingerprint density at radius 1 is 0.939 bits per heavy atom. The van der Waals surface area contributed by atoms with Crippen molar-refractivity contribution in [1.82, 2.24) is 24.6 Å². The number of fused-ring (bicyclic) bond motifs is 1. The van der Waals surface area contributed by atoms with E-state index in [1.165, 1.54) is 23.1 Å². The van der Waals surface area contributed by atoms with E-state index in [2.05, 4.69) is 25.7 Å². The van der Waals surface area contributed by atoms with Crippen molar-refractivity contribution in [3.8, 4) is 11.6 Å². The number of halogens is 4. The highest BCUT2D eigenvalue weighted by atomic mass is 35.5. The molecule has 0 unspecified atom stereocenters. The molecule has 0 bridgehead atoms. The number of carbonyl (C=O) groups excluding carboxylic acids is 2. The number of nitrogens with one attached hydrogen (secondary N) is 2. The van der Waals surface area contributed by atoms with Gasteiger partial charge >= 0.3 is 12.2 Å². The number of hydrogen-bond donors (Lipinski definition) is 2. The highest BCUT2D eigenvalue weighted by Gasteiger charge is 2.66. The number of aryl methyl sites for hydroxylation is 1. The van der Waals surface area contributed by atoms with Gasteiger partial charge in [-0.2, -0.15) is 18.3 Å². The number of urea groups is 1. The molecule has 10 nitrogen and oxygen atoms in total. The summed E-state index contributed by atoms with van der Waals surface area (Å²) in [5.41, 5.74) is -0.244. The number of carbonyl (C=O) groups is 2. The minimum atomic E-state index is -4.48. The summed E-state index contributed by atoms with van der Waals surface area (Å²) in [6.07, 6.45) is -0.662. The van der Waals surface area contributed by atoms with Gasteiger partial charge in [-0.05, 0) is 50.1 Å². The van der Waals surface area contributed by atoms with Crippen molar-refractivity contribution >= 4 is 45.8 Å². The van der Waals surface area contributed by atoms with Gasteiger partial charge in [0.25, 0.3) is 5.91 Å². The fourth-order valence-corrected chi connectivity index (χ4v) is 6.28. The molecule has 5 aromatic rings. The van der Waals surface area contributed by atoms with Gasteiger partial charge in [-0.25, -0.2) is 14.5 Å². The smallest absolute Gasteiger partial charge is 0.400 e. The summed E-state index contributed by atoms with van der Waals surface area (Å²) in [6, 6.07) is 18.2. The highest BCUT2D eigenvalue weighted by Crippen LogP contribution is 2.58. The zero-order valence-electron chi connectivity index (χ0n) is 26.3. The number of benzene rings is 2. The first-order chi connectivity index (χ1) is 23.5. The Labute approximate surface area is 284 Å². The highest BCUT2D eigenvalue weighted by molar-refractivity contribution is 6.33. The van der Waals surface area contributed by atoms with E-state index in [9.17, 15) is 22.8 Å². The standard InChI is InChI=1S/C35H31ClF3N7O3/c1-21-10-11-22(19-40-21)46-30(18-29(44-46)34(14-15-34)35(37,38)39)43-33(48)42-28-20-41-31(25-7-3-2-6-24(25)28)49-23-12-16-45(17-13-23)32(47)26-8-4-5-9-27(26)36/h2-11,18-20,23H,12-17H2,1H3,(H2,42,43,48). The second-order valence-corrected chi connectivity index (χ2v) is 12.7. The number of piperidine rings is 1. The predicted molar refractivity (Wildman–Crippen MR) is 178 cm³/mol. The molecule has 1 saturated heterocycles. The Morgan fingerprint density at radius 2 is 1.65 bits per heavy atom. The van der Waals surface area contributed by atoms with Crippen LogP contribution >= 0.6 is 11.6 Å². The largest absolute Gasteiger partial charge is 0.474 e. The molecule has 0 radical (unpaired) electrons. The second kappa shape index (κ2) is 12.7. The lowest BCUT2D eigenvalue weighted by Gasteiger charge is -2.32. The first kappa shape index (κ1) is 32.4. The molecule has 14 heteroatoms. The third kappa shape index (κ3) is 6.38. The second-order valence-electron chi connectivity index (χ2n) is 12.3. The van der Waals surface area contributed by atoms with Crippen LogP contribution in [0.4, 0.5) is 29.5 Å². The quantitative estimate of drug-likeness (QED) is 0.181. The SMILES string of the molecule is Cc1ccc(-n2nc(C3(C(F)(F)F)CC3)cc2NC(=O)Nc2cnc(OC3CCN(C(=O)c4ccccc4Cl)CC3)c3ccccc23)cn1. The molecule has 2 aromatic carbocycles. The maximum Gasteiger partial charge on any atom is 0.400 e. The Morgan fingerprint density at radius 3 is 2.33 bits per heavy atom. The molecule has 49 heavy (non-hydrogen) atoms. The van der Waals surface area contributed by atoms with Crippen LogP contribution in [-0.4, -0.2) is 62.0 Å². The fourth-order valence-electron chi connectivity index (χ4n) is 6.07. The van der Waals surface area contributed by atoms with Crippen molar-refractivity contribution in [1.29, 1.82) is 0 Å².